The maximum Gasteiger partial charge on any atom is 0.164 e. The Hall–Kier alpha value is -2.81. The number of rotatable bonds is 4. The minimum Gasteiger partial charge on any atom is -0.353 e. The van der Waals surface area contributed by atoms with Crippen molar-refractivity contribution in [3.63, 3.8) is 0 Å². The van der Waals surface area contributed by atoms with Gasteiger partial charge in [0.05, 0.1) is 18.9 Å². The predicted octanol–water partition coefficient (Wildman–Crippen LogP) is 0.719. The monoisotopic (exact) mass is 339 g/mol. The topological polar surface area (TPSA) is 91.7 Å². The molecule has 0 saturated carbocycles. The van der Waals surface area contributed by atoms with Gasteiger partial charge in [-0.2, -0.15) is 5.10 Å². The van der Waals surface area contributed by atoms with Gasteiger partial charge in [-0.05, 0) is 13.8 Å². The lowest BCUT2D eigenvalue weighted by atomic mass is 10.3. The highest BCUT2D eigenvalue weighted by molar-refractivity contribution is 5.40. The molecule has 0 radical (unpaired) electrons. The number of hydrogen-bond donors (Lipinski definition) is 1. The maximum atomic E-state index is 4.75. The van der Waals surface area contributed by atoms with Gasteiger partial charge in [-0.15, -0.1) is 0 Å². The summed E-state index contributed by atoms with van der Waals surface area (Å²) >= 11 is 0. The molecule has 0 amide bonds. The van der Waals surface area contributed by atoms with E-state index in [1.807, 2.05) is 30.8 Å². The first-order chi connectivity index (χ1) is 12.2. The third kappa shape index (κ3) is 3.36. The Labute approximate surface area is 145 Å². The van der Waals surface area contributed by atoms with E-state index in [2.05, 4.69) is 34.9 Å². The van der Waals surface area contributed by atoms with Crippen molar-refractivity contribution < 1.29 is 0 Å². The van der Waals surface area contributed by atoms with Crippen LogP contribution in [-0.4, -0.2) is 65.8 Å². The second kappa shape index (κ2) is 6.60. The lowest BCUT2D eigenvalue weighted by Crippen LogP contribution is -2.46. The van der Waals surface area contributed by atoms with Gasteiger partial charge in [0, 0.05) is 38.6 Å². The van der Waals surface area contributed by atoms with E-state index in [0.717, 1.165) is 61.8 Å². The van der Waals surface area contributed by atoms with Crippen LogP contribution in [0.1, 0.15) is 17.5 Å². The van der Waals surface area contributed by atoms with Crippen LogP contribution in [0.2, 0.25) is 0 Å². The Morgan fingerprint density at radius 2 is 1.84 bits per heavy atom. The number of anilines is 1. The number of aryl methyl sites for hydroxylation is 2. The first-order valence-corrected chi connectivity index (χ1v) is 8.36. The van der Waals surface area contributed by atoms with Gasteiger partial charge in [0.15, 0.2) is 11.6 Å². The summed E-state index contributed by atoms with van der Waals surface area (Å²) in [5.74, 6) is 4.31. The zero-order chi connectivity index (χ0) is 17.2. The van der Waals surface area contributed by atoms with Gasteiger partial charge in [0.1, 0.15) is 17.5 Å². The molecule has 0 bridgehead atoms. The standard InChI is InChI=1S/C16H21N9/c1-12-19-14(22-21-12)11-23-5-7-24(8-6-23)15-9-17-10-16(20-15)25-4-3-18-13(25)2/h3-4,9-10H,5-8,11H2,1-2H3,(H,19,21,22). The van der Waals surface area contributed by atoms with E-state index >= 15 is 0 Å². The van der Waals surface area contributed by atoms with E-state index in [9.17, 15) is 0 Å². The second-order valence-electron chi connectivity index (χ2n) is 6.18. The molecule has 1 N–H and O–H groups in total. The number of nitrogens with one attached hydrogen (secondary N) is 1. The summed E-state index contributed by atoms with van der Waals surface area (Å²) in [5.41, 5.74) is 0. The Morgan fingerprint density at radius 1 is 1.04 bits per heavy atom. The summed E-state index contributed by atoms with van der Waals surface area (Å²) in [5, 5.41) is 7.11. The number of nitrogens with zero attached hydrogens (tertiary/aromatic N) is 8. The van der Waals surface area contributed by atoms with Gasteiger partial charge in [-0.1, -0.05) is 0 Å². The minimum atomic E-state index is 0.776. The van der Waals surface area contributed by atoms with Crippen LogP contribution < -0.4 is 4.90 Å². The maximum absolute atomic E-state index is 4.75. The molecule has 4 rings (SSSR count). The molecule has 9 heteroatoms. The van der Waals surface area contributed by atoms with Gasteiger partial charge in [0.2, 0.25) is 0 Å². The second-order valence-corrected chi connectivity index (χ2v) is 6.18. The number of hydrogen-bond acceptors (Lipinski definition) is 7. The molecule has 0 aromatic carbocycles. The van der Waals surface area contributed by atoms with Crippen molar-refractivity contribution >= 4 is 5.82 Å². The lowest BCUT2D eigenvalue weighted by molar-refractivity contribution is 0.243. The first-order valence-electron chi connectivity index (χ1n) is 8.36. The van der Waals surface area contributed by atoms with Crippen LogP contribution in [0.3, 0.4) is 0 Å². The van der Waals surface area contributed by atoms with Crippen molar-refractivity contribution in [3.8, 4) is 5.82 Å². The van der Waals surface area contributed by atoms with E-state index in [1.54, 1.807) is 12.4 Å². The van der Waals surface area contributed by atoms with Crippen LogP contribution in [-0.2, 0) is 6.54 Å². The van der Waals surface area contributed by atoms with Crippen LogP contribution in [0, 0.1) is 13.8 Å². The van der Waals surface area contributed by atoms with Gasteiger partial charge < -0.3 is 4.90 Å². The number of aromatic nitrogens is 7. The molecule has 1 fully saturated rings. The number of imidazole rings is 1. The normalized spacial score (nSPS) is 15.7. The summed E-state index contributed by atoms with van der Waals surface area (Å²) in [7, 11) is 0. The molecular weight excluding hydrogens is 318 g/mol. The zero-order valence-electron chi connectivity index (χ0n) is 14.4. The van der Waals surface area contributed by atoms with Crippen molar-refractivity contribution in [3.05, 3.63) is 42.3 Å². The molecule has 0 atom stereocenters. The Balaban J connectivity index is 1.41. The van der Waals surface area contributed by atoms with Gasteiger partial charge in [-0.3, -0.25) is 19.5 Å². The van der Waals surface area contributed by atoms with Crippen LogP contribution in [0.15, 0.2) is 24.8 Å². The van der Waals surface area contributed by atoms with Gasteiger partial charge >= 0.3 is 0 Å². The molecule has 1 aliphatic rings. The van der Waals surface area contributed by atoms with Crippen molar-refractivity contribution in [2.45, 2.75) is 20.4 Å². The summed E-state index contributed by atoms with van der Waals surface area (Å²) in [6.07, 6.45) is 7.26. The van der Waals surface area contributed by atoms with E-state index in [1.165, 1.54) is 0 Å². The minimum absolute atomic E-state index is 0.776. The summed E-state index contributed by atoms with van der Waals surface area (Å²) in [6, 6.07) is 0. The molecule has 3 aromatic heterocycles. The summed E-state index contributed by atoms with van der Waals surface area (Å²) < 4.78 is 1.94. The number of H-pyrrole nitrogens is 1. The molecule has 25 heavy (non-hydrogen) atoms. The number of aromatic amines is 1. The Bertz CT molecular complexity index is 845. The molecule has 4 heterocycles. The third-order valence-electron chi connectivity index (χ3n) is 4.39. The van der Waals surface area contributed by atoms with Crippen LogP contribution >= 0.6 is 0 Å². The molecule has 9 nitrogen and oxygen atoms in total. The fourth-order valence-electron chi connectivity index (χ4n) is 3.03. The van der Waals surface area contributed by atoms with Crippen molar-refractivity contribution in [2.75, 3.05) is 31.1 Å². The van der Waals surface area contributed by atoms with E-state index in [-0.39, 0.29) is 0 Å². The molecule has 1 aliphatic heterocycles. The van der Waals surface area contributed by atoms with E-state index in [4.69, 9.17) is 4.98 Å². The highest BCUT2D eigenvalue weighted by Crippen LogP contribution is 2.16. The number of piperazine rings is 1. The highest BCUT2D eigenvalue weighted by atomic mass is 15.3. The smallest absolute Gasteiger partial charge is 0.164 e. The van der Waals surface area contributed by atoms with E-state index in [0.29, 0.717) is 0 Å². The van der Waals surface area contributed by atoms with Crippen molar-refractivity contribution in [1.29, 1.82) is 0 Å². The molecule has 0 aliphatic carbocycles. The predicted molar refractivity (Wildman–Crippen MR) is 92.5 cm³/mol. The Morgan fingerprint density at radius 3 is 2.52 bits per heavy atom. The molecule has 130 valence electrons. The van der Waals surface area contributed by atoms with Gasteiger partial charge in [0.25, 0.3) is 0 Å². The fraction of sp³-hybridized carbons (Fsp3) is 0.438. The largest absolute Gasteiger partial charge is 0.353 e. The van der Waals surface area contributed by atoms with Crippen LogP contribution in [0.25, 0.3) is 5.82 Å². The lowest BCUT2D eigenvalue weighted by Gasteiger charge is -2.34. The van der Waals surface area contributed by atoms with E-state index < -0.39 is 0 Å². The van der Waals surface area contributed by atoms with Crippen LogP contribution in [0.5, 0.6) is 0 Å². The average molecular weight is 339 g/mol. The Kier molecular flexibility index (Phi) is 4.14. The highest BCUT2D eigenvalue weighted by Gasteiger charge is 2.20. The molecule has 0 unspecified atom stereocenters. The summed E-state index contributed by atoms with van der Waals surface area (Å²) in [4.78, 5) is 22.4. The zero-order valence-corrected chi connectivity index (χ0v) is 14.4. The molecular formula is C16H21N9. The van der Waals surface area contributed by atoms with Crippen molar-refractivity contribution in [1.82, 2.24) is 39.6 Å². The quantitative estimate of drug-likeness (QED) is 0.749. The molecule has 1 saturated heterocycles. The fourth-order valence-corrected chi connectivity index (χ4v) is 3.03. The SMILES string of the molecule is Cc1nc(CN2CCN(c3cncc(-n4ccnc4C)n3)CC2)n[nH]1. The molecule has 3 aromatic rings. The van der Waals surface area contributed by atoms with Gasteiger partial charge in [-0.25, -0.2) is 15.0 Å². The molecule has 0 spiro atoms. The van der Waals surface area contributed by atoms with Crippen LogP contribution in [0.4, 0.5) is 5.82 Å². The average Bonchev–Trinajstić information content (AvgIpc) is 3.24. The van der Waals surface area contributed by atoms with Crippen molar-refractivity contribution in [2.24, 2.45) is 0 Å². The third-order valence-corrected chi connectivity index (χ3v) is 4.39. The first kappa shape index (κ1) is 15.7. The summed E-state index contributed by atoms with van der Waals surface area (Å²) in [6.45, 7) is 8.36.